The fourth-order valence-corrected chi connectivity index (χ4v) is 2.93. The third-order valence-corrected chi connectivity index (χ3v) is 4.60. The highest BCUT2D eigenvalue weighted by molar-refractivity contribution is 14.0. The zero-order chi connectivity index (χ0) is 21.3. The molecule has 1 saturated heterocycles. The third kappa shape index (κ3) is 8.70. The molecule has 1 aromatic rings. The zero-order valence-electron chi connectivity index (χ0n) is 17.6. The van der Waals surface area contributed by atoms with E-state index in [-0.39, 0.29) is 36.1 Å². The molecular formula is C21H30F3IN4O. The lowest BCUT2D eigenvalue weighted by molar-refractivity contribution is -0.137. The quantitative estimate of drug-likeness (QED) is 0.262. The Morgan fingerprint density at radius 2 is 1.90 bits per heavy atom. The van der Waals surface area contributed by atoms with Crippen LogP contribution in [0.5, 0.6) is 0 Å². The summed E-state index contributed by atoms with van der Waals surface area (Å²) < 4.78 is 43.7. The summed E-state index contributed by atoms with van der Waals surface area (Å²) in [5.74, 6) is 6.25. The van der Waals surface area contributed by atoms with Gasteiger partial charge in [0.25, 0.3) is 0 Å². The van der Waals surface area contributed by atoms with Crippen molar-refractivity contribution in [1.82, 2.24) is 15.5 Å². The summed E-state index contributed by atoms with van der Waals surface area (Å²) in [5, 5.41) is 6.28. The molecule has 0 radical (unpaired) electrons. The van der Waals surface area contributed by atoms with Crippen molar-refractivity contribution in [3.8, 4) is 11.8 Å². The van der Waals surface area contributed by atoms with E-state index >= 15 is 0 Å². The molecule has 0 bridgehead atoms. The van der Waals surface area contributed by atoms with Crippen LogP contribution in [0, 0.1) is 11.8 Å². The van der Waals surface area contributed by atoms with E-state index in [2.05, 4.69) is 46.2 Å². The first kappa shape index (κ1) is 26.5. The van der Waals surface area contributed by atoms with Crippen molar-refractivity contribution in [3.05, 3.63) is 35.4 Å². The minimum absolute atomic E-state index is 0. The number of alkyl halides is 3. The molecule has 1 aliphatic heterocycles. The highest BCUT2D eigenvalue weighted by Crippen LogP contribution is 2.29. The molecule has 2 rings (SSSR count). The molecule has 0 unspecified atom stereocenters. The maximum Gasteiger partial charge on any atom is 0.416 e. The Bertz CT molecular complexity index is 751. The number of hydrogen-bond donors (Lipinski definition) is 2. The fourth-order valence-electron chi connectivity index (χ4n) is 2.93. The highest BCUT2D eigenvalue weighted by atomic mass is 127. The van der Waals surface area contributed by atoms with E-state index in [1.54, 1.807) is 6.07 Å². The van der Waals surface area contributed by atoms with Gasteiger partial charge in [-0.15, -0.1) is 24.0 Å². The summed E-state index contributed by atoms with van der Waals surface area (Å²) in [6.07, 6.45) is -4.37. The molecule has 1 fully saturated rings. The van der Waals surface area contributed by atoms with Crippen molar-refractivity contribution in [1.29, 1.82) is 0 Å². The molecule has 2 N–H and O–H groups in total. The average Bonchev–Trinajstić information content (AvgIpc) is 2.69. The molecule has 0 aromatic heterocycles. The Labute approximate surface area is 193 Å². The minimum atomic E-state index is -4.37. The lowest BCUT2D eigenvalue weighted by Gasteiger charge is -2.39. The number of hydrogen-bond acceptors (Lipinski definition) is 3. The summed E-state index contributed by atoms with van der Waals surface area (Å²) in [6, 6.07) is 5.01. The van der Waals surface area contributed by atoms with Crippen LogP contribution in [0.2, 0.25) is 0 Å². The van der Waals surface area contributed by atoms with Crippen LogP contribution in [-0.4, -0.2) is 62.3 Å². The Balaban J connectivity index is 0.00000450. The molecule has 9 heteroatoms. The monoisotopic (exact) mass is 538 g/mol. The highest BCUT2D eigenvalue weighted by Gasteiger charge is 2.30. The van der Waals surface area contributed by atoms with Crippen molar-refractivity contribution in [3.63, 3.8) is 0 Å². The van der Waals surface area contributed by atoms with Gasteiger partial charge in [-0.25, -0.2) is 0 Å². The molecule has 0 saturated carbocycles. The molecular weight excluding hydrogens is 508 g/mol. The van der Waals surface area contributed by atoms with Crippen molar-refractivity contribution < 1.29 is 17.9 Å². The van der Waals surface area contributed by atoms with Crippen molar-refractivity contribution in [2.24, 2.45) is 4.99 Å². The number of rotatable bonds is 5. The van der Waals surface area contributed by atoms with E-state index in [0.717, 1.165) is 38.4 Å². The number of benzene rings is 1. The van der Waals surface area contributed by atoms with Crippen LogP contribution in [-0.2, 0) is 10.9 Å². The predicted molar refractivity (Wildman–Crippen MR) is 124 cm³/mol. The molecule has 0 aliphatic carbocycles. The van der Waals surface area contributed by atoms with Crippen LogP contribution in [0.15, 0.2) is 29.3 Å². The van der Waals surface area contributed by atoms with Gasteiger partial charge in [-0.2, -0.15) is 13.2 Å². The molecule has 1 heterocycles. The Hall–Kier alpha value is -1.51. The van der Waals surface area contributed by atoms with Crippen LogP contribution in [0.25, 0.3) is 0 Å². The van der Waals surface area contributed by atoms with Gasteiger partial charge >= 0.3 is 6.18 Å². The van der Waals surface area contributed by atoms with Crippen LogP contribution in [0.4, 0.5) is 13.2 Å². The zero-order valence-corrected chi connectivity index (χ0v) is 19.9. The second-order valence-corrected chi connectivity index (χ2v) is 7.34. The summed E-state index contributed by atoms with van der Waals surface area (Å²) in [4.78, 5) is 7.00. The van der Waals surface area contributed by atoms with E-state index in [9.17, 15) is 13.2 Å². The molecule has 1 aromatic carbocycles. The fraction of sp³-hybridized carbons (Fsp3) is 0.571. The molecule has 0 spiro atoms. The smallest absolute Gasteiger partial charge is 0.379 e. The molecule has 0 amide bonds. The van der Waals surface area contributed by atoms with Crippen LogP contribution < -0.4 is 10.6 Å². The number of morpholine rings is 1. The van der Waals surface area contributed by atoms with Gasteiger partial charge in [0.15, 0.2) is 5.96 Å². The van der Waals surface area contributed by atoms with Gasteiger partial charge in [0, 0.05) is 30.7 Å². The van der Waals surface area contributed by atoms with Gasteiger partial charge in [0.05, 0.1) is 31.9 Å². The van der Waals surface area contributed by atoms with E-state index in [1.165, 1.54) is 6.07 Å². The van der Waals surface area contributed by atoms with Gasteiger partial charge in [-0.3, -0.25) is 9.89 Å². The second kappa shape index (κ2) is 12.4. The largest absolute Gasteiger partial charge is 0.416 e. The SMILES string of the molecule is CCNC(=NCC(C)(C)N1CCOCC1)NCC#Cc1cccc(C(F)(F)F)c1.I. The van der Waals surface area contributed by atoms with Crippen LogP contribution in [0.3, 0.4) is 0 Å². The lowest BCUT2D eigenvalue weighted by atomic mass is 10.0. The molecule has 0 atom stereocenters. The minimum Gasteiger partial charge on any atom is -0.379 e. The topological polar surface area (TPSA) is 48.9 Å². The maximum absolute atomic E-state index is 12.8. The Morgan fingerprint density at radius 1 is 1.20 bits per heavy atom. The van der Waals surface area contributed by atoms with Crippen LogP contribution in [0.1, 0.15) is 31.9 Å². The lowest BCUT2D eigenvalue weighted by Crippen LogP contribution is -2.52. The number of aliphatic imine (C=N–C) groups is 1. The molecule has 1 aliphatic rings. The first-order valence-corrected chi connectivity index (χ1v) is 9.73. The number of nitrogens with one attached hydrogen (secondary N) is 2. The predicted octanol–water partition coefficient (Wildman–Crippen LogP) is 3.34. The summed E-state index contributed by atoms with van der Waals surface area (Å²) in [6.45, 7) is 11.1. The van der Waals surface area contributed by atoms with Crippen molar-refractivity contribution in [2.75, 3.05) is 45.9 Å². The molecule has 168 valence electrons. The molecule has 30 heavy (non-hydrogen) atoms. The number of halogens is 4. The van der Waals surface area contributed by atoms with Gasteiger partial charge < -0.3 is 15.4 Å². The second-order valence-electron chi connectivity index (χ2n) is 7.34. The van der Waals surface area contributed by atoms with Gasteiger partial charge in [0.1, 0.15) is 0 Å². The van der Waals surface area contributed by atoms with E-state index < -0.39 is 11.7 Å². The Kier molecular flexibility index (Phi) is 10.9. The Morgan fingerprint density at radius 3 is 2.53 bits per heavy atom. The summed E-state index contributed by atoms with van der Waals surface area (Å²) in [7, 11) is 0. The average molecular weight is 538 g/mol. The van der Waals surface area contributed by atoms with Gasteiger partial charge in [-0.05, 0) is 39.0 Å². The first-order valence-electron chi connectivity index (χ1n) is 9.73. The van der Waals surface area contributed by atoms with E-state index in [0.29, 0.717) is 24.6 Å². The van der Waals surface area contributed by atoms with Crippen molar-refractivity contribution >= 4 is 29.9 Å². The first-order chi connectivity index (χ1) is 13.7. The van der Waals surface area contributed by atoms with E-state index in [1.807, 2.05) is 6.92 Å². The van der Waals surface area contributed by atoms with Crippen molar-refractivity contribution in [2.45, 2.75) is 32.5 Å². The standard InChI is InChI=1S/C21H29F3N4O.HI/c1-4-25-19(27-16-20(2,3)28-11-13-29-14-12-28)26-10-6-8-17-7-5-9-18(15-17)21(22,23)24;/h5,7,9,15H,4,10-14,16H2,1-3H3,(H2,25,26,27);1H. The maximum atomic E-state index is 12.8. The van der Waals surface area contributed by atoms with Crippen LogP contribution >= 0.6 is 24.0 Å². The summed E-state index contributed by atoms with van der Waals surface area (Å²) in [5.41, 5.74) is -0.468. The number of ether oxygens (including phenoxy) is 1. The summed E-state index contributed by atoms with van der Waals surface area (Å²) >= 11 is 0. The third-order valence-electron chi connectivity index (χ3n) is 4.60. The number of guanidine groups is 1. The normalized spacial score (nSPS) is 15.6. The van der Waals surface area contributed by atoms with Gasteiger partial charge in [-0.1, -0.05) is 17.9 Å². The van der Waals surface area contributed by atoms with Gasteiger partial charge in [0.2, 0.25) is 0 Å². The number of nitrogens with zero attached hydrogens (tertiary/aromatic N) is 2. The van der Waals surface area contributed by atoms with E-state index in [4.69, 9.17) is 4.74 Å². The molecule has 5 nitrogen and oxygen atoms in total.